The molecular formula is C14H14F3N3O2. The van der Waals surface area contributed by atoms with Gasteiger partial charge < -0.3 is 9.26 Å². The van der Waals surface area contributed by atoms with Crippen LogP contribution < -0.4 is 0 Å². The van der Waals surface area contributed by atoms with E-state index in [0.29, 0.717) is 18.0 Å². The van der Waals surface area contributed by atoms with Crippen molar-refractivity contribution < 1.29 is 22.4 Å². The van der Waals surface area contributed by atoms with Gasteiger partial charge >= 0.3 is 6.18 Å². The highest BCUT2D eigenvalue weighted by Crippen LogP contribution is 2.26. The van der Waals surface area contributed by atoms with E-state index in [4.69, 9.17) is 9.26 Å². The second-order valence-electron chi connectivity index (χ2n) is 5.06. The number of hydrogen-bond donors (Lipinski definition) is 0. The van der Waals surface area contributed by atoms with E-state index in [1.165, 1.54) is 0 Å². The lowest BCUT2D eigenvalue weighted by Gasteiger charge is -2.33. The molecular weight excluding hydrogens is 299 g/mol. The molecule has 8 heteroatoms. The quantitative estimate of drug-likeness (QED) is 0.871. The normalized spacial score (nSPS) is 20.2. The summed E-state index contributed by atoms with van der Waals surface area (Å²) >= 11 is 0. The molecule has 1 atom stereocenters. The monoisotopic (exact) mass is 313 g/mol. The van der Waals surface area contributed by atoms with Gasteiger partial charge in [-0.15, -0.1) is 0 Å². The Morgan fingerprint density at radius 3 is 2.95 bits per heavy atom. The molecule has 1 fully saturated rings. The summed E-state index contributed by atoms with van der Waals surface area (Å²) in [6.07, 6.45) is -2.80. The maximum atomic E-state index is 12.7. The van der Waals surface area contributed by atoms with Crippen LogP contribution in [0, 0.1) is 0 Å². The van der Waals surface area contributed by atoms with Crippen LogP contribution in [0.4, 0.5) is 13.2 Å². The molecule has 3 heterocycles. The van der Waals surface area contributed by atoms with Crippen molar-refractivity contribution in [2.45, 2.75) is 18.8 Å². The molecule has 0 amide bonds. The van der Waals surface area contributed by atoms with E-state index in [0.717, 1.165) is 5.56 Å². The van der Waals surface area contributed by atoms with Crippen LogP contribution in [0.15, 0.2) is 35.1 Å². The summed E-state index contributed by atoms with van der Waals surface area (Å²) in [7, 11) is 0. The zero-order chi connectivity index (χ0) is 15.6. The Kier molecular flexibility index (Phi) is 4.12. The number of halogens is 3. The van der Waals surface area contributed by atoms with Crippen LogP contribution in [-0.4, -0.2) is 47.0 Å². The van der Waals surface area contributed by atoms with Gasteiger partial charge in [-0.3, -0.25) is 9.88 Å². The Morgan fingerprint density at radius 1 is 1.36 bits per heavy atom. The van der Waals surface area contributed by atoms with Gasteiger partial charge in [-0.05, 0) is 12.1 Å². The third-order valence-electron chi connectivity index (χ3n) is 3.41. The first-order valence-corrected chi connectivity index (χ1v) is 6.79. The number of morpholine rings is 1. The third-order valence-corrected chi connectivity index (χ3v) is 3.41. The molecule has 0 spiro atoms. The van der Waals surface area contributed by atoms with Gasteiger partial charge in [0.2, 0.25) is 0 Å². The lowest BCUT2D eigenvalue weighted by Crippen LogP contribution is -2.48. The van der Waals surface area contributed by atoms with Gasteiger partial charge in [-0.1, -0.05) is 5.16 Å². The highest BCUT2D eigenvalue weighted by atomic mass is 19.4. The van der Waals surface area contributed by atoms with E-state index in [2.05, 4.69) is 10.1 Å². The predicted octanol–water partition coefficient (Wildman–Crippen LogP) is 2.50. The largest absolute Gasteiger partial charge is 0.415 e. The first kappa shape index (κ1) is 15.0. The van der Waals surface area contributed by atoms with Crippen LogP contribution >= 0.6 is 0 Å². The molecule has 2 aromatic heterocycles. The van der Waals surface area contributed by atoms with Crippen LogP contribution in [0.2, 0.25) is 0 Å². The van der Waals surface area contributed by atoms with Crippen molar-refractivity contribution >= 4 is 0 Å². The van der Waals surface area contributed by atoms with Gasteiger partial charge in [0.25, 0.3) is 0 Å². The van der Waals surface area contributed by atoms with Crippen molar-refractivity contribution in [3.63, 3.8) is 0 Å². The Labute approximate surface area is 124 Å². The summed E-state index contributed by atoms with van der Waals surface area (Å²) in [5.41, 5.74) is 1.41. The summed E-state index contributed by atoms with van der Waals surface area (Å²) in [6.45, 7) is 0.541. The van der Waals surface area contributed by atoms with E-state index < -0.39 is 12.3 Å². The number of alkyl halides is 3. The third kappa shape index (κ3) is 3.45. The topological polar surface area (TPSA) is 51.4 Å². The standard InChI is InChI=1S/C14H14F3N3O2/c15-14(16,17)13-9-20(4-5-21-13)8-11-6-12(19-22-11)10-2-1-3-18-7-10/h1-3,6-7,13H,4-5,8-9H2/t13-/m0/s1. The van der Waals surface area contributed by atoms with Crippen LogP contribution in [-0.2, 0) is 11.3 Å². The van der Waals surface area contributed by atoms with Crippen molar-refractivity contribution in [1.82, 2.24) is 15.0 Å². The average Bonchev–Trinajstić information content (AvgIpc) is 2.96. The molecule has 1 saturated heterocycles. The fourth-order valence-electron chi connectivity index (χ4n) is 2.30. The minimum atomic E-state index is -4.35. The van der Waals surface area contributed by atoms with Crippen LogP contribution in [0.25, 0.3) is 11.3 Å². The zero-order valence-electron chi connectivity index (χ0n) is 11.6. The fourth-order valence-corrected chi connectivity index (χ4v) is 2.30. The van der Waals surface area contributed by atoms with Crippen molar-refractivity contribution in [3.8, 4) is 11.3 Å². The molecule has 1 aliphatic heterocycles. The Bertz CT molecular complexity index is 615. The van der Waals surface area contributed by atoms with Gasteiger partial charge in [0.05, 0.1) is 13.2 Å². The van der Waals surface area contributed by atoms with Gasteiger partial charge in [0.15, 0.2) is 11.9 Å². The molecule has 0 aliphatic carbocycles. The SMILES string of the molecule is FC(F)(F)[C@@H]1CN(Cc2cc(-c3cccnc3)no2)CCO1. The second-order valence-corrected chi connectivity index (χ2v) is 5.06. The number of aromatic nitrogens is 2. The first-order valence-electron chi connectivity index (χ1n) is 6.79. The van der Waals surface area contributed by atoms with Crippen molar-refractivity contribution in [3.05, 3.63) is 36.4 Å². The number of pyridine rings is 1. The van der Waals surface area contributed by atoms with Crippen LogP contribution in [0.3, 0.4) is 0 Å². The van der Waals surface area contributed by atoms with E-state index in [9.17, 15) is 13.2 Å². The Balaban J connectivity index is 1.65. The Hall–Kier alpha value is -1.93. The molecule has 0 radical (unpaired) electrons. The molecule has 2 aromatic rings. The van der Waals surface area contributed by atoms with E-state index >= 15 is 0 Å². The van der Waals surface area contributed by atoms with Crippen molar-refractivity contribution in [2.75, 3.05) is 19.7 Å². The number of ether oxygens (including phenoxy) is 1. The minimum Gasteiger partial charge on any atom is -0.366 e. The molecule has 3 rings (SSSR count). The molecule has 118 valence electrons. The number of nitrogens with zero attached hydrogens (tertiary/aromatic N) is 3. The van der Waals surface area contributed by atoms with Crippen LogP contribution in [0.5, 0.6) is 0 Å². The minimum absolute atomic E-state index is 0.0494. The summed E-state index contributed by atoms with van der Waals surface area (Å²) in [5, 5.41) is 3.92. The zero-order valence-corrected chi connectivity index (χ0v) is 11.6. The maximum Gasteiger partial charge on any atom is 0.415 e. The summed E-state index contributed by atoms with van der Waals surface area (Å²) in [6, 6.07) is 5.33. The maximum absolute atomic E-state index is 12.7. The molecule has 1 aliphatic rings. The Morgan fingerprint density at radius 2 is 2.23 bits per heavy atom. The summed E-state index contributed by atoms with van der Waals surface area (Å²) < 4.78 is 48.0. The summed E-state index contributed by atoms with van der Waals surface area (Å²) in [5.74, 6) is 0.515. The second kappa shape index (κ2) is 6.05. The van der Waals surface area contributed by atoms with E-state index in [1.807, 2.05) is 6.07 Å². The van der Waals surface area contributed by atoms with Gasteiger partial charge in [-0.25, -0.2) is 0 Å². The molecule has 0 bridgehead atoms. The lowest BCUT2D eigenvalue weighted by molar-refractivity contribution is -0.238. The highest BCUT2D eigenvalue weighted by Gasteiger charge is 2.43. The van der Waals surface area contributed by atoms with Gasteiger partial charge in [-0.2, -0.15) is 13.2 Å². The lowest BCUT2D eigenvalue weighted by atomic mass is 10.2. The average molecular weight is 313 g/mol. The number of hydrogen-bond acceptors (Lipinski definition) is 5. The molecule has 0 unspecified atom stereocenters. The molecule has 22 heavy (non-hydrogen) atoms. The molecule has 0 saturated carbocycles. The molecule has 0 aromatic carbocycles. The van der Waals surface area contributed by atoms with E-state index in [1.54, 1.807) is 29.4 Å². The first-order chi connectivity index (χ1) is 10.5. The smallest absolute Gasteiger partial charge is 0.366 e. The predicted molar refractivity (Wildman–Crippen MR) is 70.8 cm³/mol. The molecule has 5 nitrogen and oxygen atoms in total. The van der Waals surface area contributed by atoms with Gasteiger partial charge in [0, 0.05) is 37.1 Å². The van der Waals surface area contributed by atoms with E-state index in [-0.39, 0.29) is 19.7 Å². The van der Waals surface area contributed by atoms with Crippen molar-refractivity contribution in [2.24, 2.45) is 0 Å². The van der Waals surface area contributed by atoms with Crippen molar-refractivity contribution in [1.29, 1.82) is 0 Å². The summed E-state index contributed by atoms with van der Waals surface area (Å²) in [4.78, 5) is 5.64. The van der Waals surface area contributed by atoms with Gasteiger partial charge in [0.1, 0.15) is 5.69 Å². The van der Waals surface area contributed by atoms with Crippen LogP contribution in [0.1, 0.15) is 5.76 Å². The number of rotatable bonds is 3. The fraction of sp³-hybridized carbons (Fsp3) is 0.429. The highest BCUT2D eigenvalue weighted by molar-refractivity contribution is 5.57. The molecule has 0 N–H and O–H groups in total.